The van der Waals surface area contributed by atoms with Gasteiger partial charge in [-0.15, -0.1) is 0 Å². The SMILES string of the molecule is CCCN1CC(SC)CC2c3cccc4[nH]cc(c34)CC21. The van der Waals surface area contributed by atoms with Gasteiger partial charge in [0.25, 0.3) is 0 Å². The molecule has 1 aliphatic heterocycles. The molecule has 0 bridgehead atoms. The summed E-state index contributed by atoms with van der Waals surface area (Å²) in [4.78, 5) is 6.25. The van der Waals surface area contributed by atoms with Gasteiger partial charge < -0.3 is 4.98 Å². The highest BCUT2D eigenvalue weighted by Gasteiger charge is 2.40. The smallest absolute Gasteiger partial charge is 0.0459 e. The molecule has 3 unspecified atom stereocenters. The largest absolute Gasteiger partial charge is 0.361 e. The number of likely N-dealkylation sites (tertiary alicyclic amines) is 1. The zero-order valence-electron chi connectivity index (χ0n) is 12.9. The Morgan fingerprint density at radius 2 is 2.29 bits per heavy atom. The number of nitrogens with zero attached hydrogens (tertiary/aromatic N) is 1. The van der Waals surface area contributed by atoms with E-state index in [-0.39, 0.29) is 0 Å². The number of thioether (sulfide) groups is 1. The molecular weight excluding hydrogens is 276 g/mol. The topological polar surface area (TPSA) is 19.0 Å². The van der Waals surface area contributed by atoms with E-state index in [9.17, 15) is 0 Å². The van der Waals surface area contributed by atoms with Crippen LogP contribution in [-0.4, -0.2) is 40.5 Å². The Morgan fingerprint density at radius 3 is 3.10 bits per heavy atom. The van der Waals surface area contributed by atoms with Crippen molar-refractivity contribution >= 4 is 22.7 Å². The van der Waals surface area contributed by atoms with Crippen LogP contribution in [0.15, 0.2) is 24.4 Å². The lowest BCUT2D eigenvalue weighted by Gasteiger charge is -2.46. The molecule has 1 saturated heterocycles. The maximum atomic E-state index is 3.48. The van der Waals surface area contributed by atoms with Gasteiger partial charge in [-0.2, -0.15) is 11.8 Å². The highest BCUT2D eigenvalue weighted by atomic mass is 32.2. The highest BCUT2D eigenvalue weighted by Crippen LogP contribution is 2.45. The van der Waals surface area contributed by atoms with Crippen molar-refractivity contribution in [2.24, 2.45) is 0 Å². The van der Waals surface area contributed by atoms with E-state index in [0.29, 0.717) is 6.04 Å². The lowest BCUT2D eigenvalue weighted by atomic mass is 9.75. The highest BCUT2D eigenvalue weighted by molar-refractivity contribution is 7.99. The summed E-state index contributed by atoms with van der Waals surface area (Å²) in [6, 6.07) is 7.54. The number of nitrogens with one attached hydrogen (secondary N) is 1. The molecule has 112 valence electrons. The Morgan fingerprint density at radius 1 is 1.38 bits per heavy atom. The third-order valence-electron chi connectivity index (χ3n) is 5.38. The lowest BCUT2D eigenvalue weighted by Crippen LogP contribution is -2.51. The molecule has 0 spiro atoms. The van der Waals surface area contributed by atoms with Gasteiger partial charge in [0.15, 0.2) is 0 Å². The average molecular weight is 300 g/mol. The van der Waals surface area contributed by atoms with Crippen LogP contribution in [0.4, 0.5) is 0 Å². The van der Waals surface area contributed by atoms with E-state index in [4.69, 9.17) is 0 Å². The normalized spacial score (nSPS) is 28.8. The predicted octanol–water partition coefficient (Wildman–Crippen LogP) is 4.02. The molecule has 1 aromatic carbocycles. The first-order valence-electron chi connectivity index (χ1n) is 8.17. The Bertz CT molecular complexity index is 648. The van der Waals surface area contributed by atoms with E-state index in [2.05, 4.69) is 59.2 Å². The minimum Gasteiger partial charge on any atom is -0.361 e. The fraction of sp³-hybridized carbons (Fsp3) is 0.556. The standard InChI is InChI=1S/C18H24N2S/c1-3-7-20-11-13(21-2)9-15-14-5-4-6-16-18(14)12(10-19-16)8-17(15)20/h4-6,10,13,15,17,19H,3,7-9,11H2,1-2H3. The van der Waals surface area contributed by atoms with Crippen molar-refractivity contribution in [2.75, 3.05) is 19.3 Å². The Hall–Kier alpha value is -0.930. The van der Waals surface area contributed by atoms with Gasteiger partial charge in [0.05, 0.1) is 0 Å². The number of aromatic nitrogens is 1. The molecule has 1 aromatic heterocycles. The number of hydrogen-bond donors (Lipinski definition) is 1. The molecule has 0 saturated carbocycles. The van der Waals surface area contributed by atoms with Gasteiger partial charge in [-0.1, -0.05) is 19.1 Å². The van der Waals surface area contributed by atoms with Crippen molar-refractivity contribution in [3.63, 3.8) is 0 Å². The van der Waals surface area contributed by atoms with Crippen LogP contribution in [-0.2, 0) is 6.42 Å². The Balaban J connectivity index is 1.79. The van der Waals surface area contributed by atoms with Crippen LogP contribution in [0.25, 0.3) is 10.9 Å². The first kappa shape index (κ1) is 13.7. The monoisotopic (exact) mass is 300 g/mol. The van der Waals surface area contributed by atoms with E-state index in [1.165, 1.54) is 48.8 Å². The summed E-state index contributed by atoms with van der Waals surface area (Å²) >= 11 is 2.05. The molecule has 21 heavy (non-hydrogen) atoms. The van der Waals surface area contributed by atoms with E-state index in [0.717, 1.165) is 11.2 Å². The van der Waals surface area contributed by atoms with Crippen molar-refractivity contribution < 1.29 is 0 Å². The molecule has 2 nitrogen and oxygen atoms in total. The summed E-state index contributed by atoms with van der Waals surface area (Å²) in [6.07, 6.45) is 8.35. The van der Waals surface area contributed by atoms with Gasteiger partial charge >= 0.3 is 0 Å². The first-order valence-corrected chi connectivity index (χ1v) is 9.46. The minimum atomic E-state index is 0.710. The van der Waals surface area contributed by atoms with Crippen LogP contribution in [0.3, 0.4) is 0 Å². The van der Waals surface area contributed by atoms with Crippen LogP contribution in [0.2, 0.25) is 0 Å². The second-order valence-electron chi connectivity index (χ2n) is 6.55. The van der Waals surface area contributed by atoms with Gasteiger partial charge in [-0.05, 0) is 49.3 Å². The zero-order chi connectivity index (χ0) is 14.4. The molecule has 2 aliphatic rings. The van der Waals surface area contributed by atoms with Crippen LogP contribution in [0.1, 0.15) is 36.8 Å². The van der Waals surface area contributed by atoms with Crippen molar-refractivity contribution in [2.45, 2.75) is 43.4 Å². The quantitative estimate of drug-likeness (QED) is 0.923. The van der Waals surface area contributed by atoms with Gasteiger partial charge in [-0.3, -0.25) is 4.90 Å². The summed E-state index contributed by atoms with van der Waals surface area (Å²) in [5.74, 6) is 0.717. The van der Waals surface area contributed by atoms with E-state index in [1.54, 1.807) is 5.56 Å². The predicted molar refractivity (Wildman–Crippen MR) is 92.3 cm³/mol. The summed E-state index contributed by atoms with van der Waals surface area (Å²) in [7, 11) is 0. The molecule has 2 aromatic rings. The van der Waals surface area contributed by atoms with Gasteiger partial charge in [0, 0.05) is 40.9 Å². The Kier molecular flexibility index (Phi) is 3.50. The number of rotatable bonds is 3. The molecule has 1 N–H and O–H groups in total. The Labute approximate surface area is 131 Å². The fourth-order valence-electron chi connectivity index (χ4n) is 4.47. The van der Waals surface area contributed by atoms with Gasteiger partial charge in [0.1, 0.15) is 0 Å². The molecule has 0 amide bonds. The molecular formula is C18H24N2S. The number of piperidine rings is 1. The van der Waals surface area contributed by atoms with Gasteiger partial charge in [-0.25, -0.2) is 0 Å². The van der Waals surface area contributed by atoms with Crippen molar-refractivity contribution in [1.29, 1.82) is 0 Å². The van der Waals surface area contributed by atoms with Crippen LogP contribution in [0, 0.1) is 0 Å². The molecule has 3 heteroatoms. The van der Waals surface area contributed by atoms with E-state index < -0.39 is 0 Å². The van der Waals surface area contributed by atoms with Gasteiger partial charge in [0.2, 0.25) is 0 Å². The fourth-order valence-corrected chi connectivity index (χ4v) is 5.21. The first-order chi connectivity index (χ1) is 10.3. The number of hydrogen-bond acceptors (Lipinski definition) is 2. The molecule has 1 aliphatic carbocycles. The summed E-state index contributed by atoms with van der Waals surface area (Å²) in [6.45, 7) is 4.82. The van der Waals surface area contributed by atoms with Crippen molar-refractivity contribution in [3.8, 4) is 0 Å². The molecule has 2 heterocycles. The van der Waals surface area contributed by atoms with Crippen LogP contribution < -0.4 is 0 Å². The number of aromatic amines is 1. The molecule has 3 atom stereocenters. The summed E-state index contributed by atoms with van der Waals surface area (Å²) in [5, 5.41) is 2.31. The van der Waals surface area contributed by atoms with E-state index >= 15 is 0 Å². The lowest BCUT2D eigenvalue weighted by molar-refractivity contribution is 0.128. The summed E-state index contributed by atoms with van der Waals surface area (Å²) in [5.41, 5.74) is 4.46. The number of fused-ring (bicyclic) bond motifs is 2. The summed E-state index contributed by atoms with van der Waals surface area (Å²) < 4.78 is 0. The third-order valence-corrected chi connectivity index (χ3v) is 6.39. The third kappa shape index (κ3) is 2.13. The van der Waals surface area contributed by atoms with Crippen molar-refractivity contribution in [3.05, 3.63) is 35.5 Å². The maximum absolute atomic E-state index is 3.48. The molecule has 0 radical (unpaired) electrons. The number of H-pyrrole nitrogens is 1. The van der Waals surface area contributed by atoms with E-state index in [1.807, 2.05) is 0 Å². The van der Waals surface area contributed by atoms with Crippen LogP contribution in [0.5, 0.6) is 0 Å². The second-order valence-corrected chi connectivity index (χ2v) is 7.69. The zero-order valence-corrected chi connectivity index (χ0v) is 13.7. The average Bonchev–Trinajstić information content (AvgIpc) is 2.93. The number of benzene rings is 1. The maximum Gasteiger partial charge on any atom is 0.0459 e. The minimum absolute atomic E-state index is 0.710. The second kappa shape index (κ2) is 5.36. The molecule has 4 rings (SSSR count). The van der Waals surface area contributed by atoms with Crippen LogP contribution >= 0.6 is 11.8 Å². The molecule has 1 fully saturated rings. The van der Waals surface area contributed by atoms with Crippen molar-refractivity contribution in [1.82, 2.24) is 9.88 Å².